The summed E-state index contributed by atoms with van der Waals surface area (Å²) in [7, 11) is 0. The second-order valence-electron chi connectivity index (χ2n) is 5.81. The molecule has 20 heavy (non-hydrogen) atoms. The fourth-order valence-corrected chi connectivity index (χ4v) is 2.66. The van der Waals surface area contributed by atoms with Gasteiger partial charge in [-0.3, -0.25) is 4.90 Å². The lowest BCUT2D eigenvalue weighted by Gasteiger charge is -2.50. The van der Waals surface area contributed by atoms with Gasteiger partial charge in [0.15, 0.2) is 0 Å². The molecule has 110 valence electrons. The van der Waals surface area contributed by atoms with E-state index >= 15 is 0 Å². The maximum absolute atomic E-state index is 10.5. The molecule has 0 bridgehead atoms. The highest BCUT2D eigenvalue weighted by Gasteiger charge is 2.42. The monoisotopic (exact) mass is 277 g/mol. The molecule has 1 N–H and O–H groups in total. The molecule has 0 aliphatic carbocycles. The minimum atomic E-state index is -0.909. The van der Waals surface area contributed by atoms with Crippen molar-refractivity contribution in [3.05, 3.63) is 35.4 Å². The van der Waals surface area contributed by atoms with Gasteiger partial charge in [0, 0.05) is 19.1 Å². The summed E-state index contributed by atoms with van der Waals surface area (Å²) >= 11 is 0. The molecule has 0 radical (unpaired) electrons. The number of hydrogen-bond donors (Lipinski definition) is 1. The van der Waals surface area contributed by atoms with Crippen LogP contribution in [0.3, 0.4) is 0 Å². The van der Waals surface area contributed by atoms with Crippen LogP contribution in [0.1, 0.15) is 37.9 Å². The number of hydrogen-bond acceptors (Lipinski definition) is 3. The molecule has 0 amide bonds. The van der Waals surface area contributed by atoms with Crippen molar-refractivity contribution in [1.29, 1.82) is 0 Å². The van der Waals surface area contributed by atoms with E-state index in [2.05, 4.69) is 43.0 Å². The number of benzene rings is 1. The number of ether oxygens (including phenoxy) is 1. The van der Waals surface area contributed by atoms with Crippen molar-refractivity contribution in [2.75, 3.05) is 19.7 Å². The van der Waals surface area contributed by atoms with Crippen LogP contribution in [0, 0.1) is 0 Å². The third kappa shape index (κ3) is 3.38. The van der Waals surface area contributed by atoms with Gasteiger partial charge in [0.2, 0.25) is 0 Å². The highest BCUT2D eigenvalue weighted by atomic mass is 16.5. The fourth-order valence-electron chi connectivity index (χ4n) is 2.66. The van der Waals surface area contributed by atoms with E-state index in [0.29, 0.717) is 6.04 Å². The van der Waals surface area contributed by atoms with Gasteiger partial charge >= 0.3 is 5.97 Å². The number of aliphatic carboxylic acids is 1. The van der Waals surface area contributed by atoms with Gasteiger partial charge < -0.3 is 9.84 Å². The SMILES string of the molecule is CCc1ccc(C(C)N2CC(C)(OCC(=O)O)C2)cc1. The molecule has 0 spiro atoms. The number of nitrogens with zero attached hydrogens (tertiary/aromatic N) is 1. The Balaban J connectivity index is 1.89. The Hall–Kier alpha value is -1.39. The number of carboxylic acid groups (broad SMARTS) is 1. The third-order valence-electron chi connectivity index (χ3n) is 4.04. The summed E-state index contributed by atoms with van der Waals surface area (Å²) in [6.45, 7) is 7.63. The van der Waals surface area contributed by atoms with Crippen molar-refractivity contribution in [3.63, 3.8) is 0 Å². The molecule has 1 heterocycles. The lowest BCUT2D eigenvalue weighted by Crippen LogP contribution is -2.62. The second-order valence-corrected chi connectivity index (χ2v) is 5.81. The minimum absolute atomic E-state index is 0.218. The van der Waals surface area contributed by atoms with Crippen LogP contribution in [0.2, 0.25) is 0 Å². The van der Waals surface area contributed by atoms with Gasteiger partial charge in [-0.15, -0.1) is 0 Å². The Morgan fingerprint density at radius 3 is 2.50 bits per heavy atom. The average Bonchev–Trinajstić information content (AvgIpc) is 2.41. The first-order valence-electron chi connectivity index (χ1n) is 7.12. The molecule has 0 aromatic heterocycles. The Morgan fingerprint density at radius 1 is 1.40 bits per heavy atom. The van der Waals surface area contributed by atoms with Crippen LogP contribution in [0.25, 0.3) is 0 Å². The topological polar surface area (TPSA) is 49.8 Å². The number of carboxylic acids is 1. The molecular weight excluding hydrogens is 254 g/mol. The van der Waals surface area contributed by atoms with Crippen LogP contribution in [0.15, 0.2) is 24.3 Å². The smallest absolute Gasteiger partial charge is 0.329 e. The maximum atomic E-state index is 10.5. The quantitative estimate of drug-likeness (QED) is 0.868. The largest absolute Gasteiger partial charge is 0.480 e. The molecule has 4 nitrogen and oxygen atoms in total. The van der Waals surface area contributed by atoms with Crippen LogP contribution < -0.4 is 0 Å². The molecule has 1 aromatic carbocycles. The van der Waals surface area contributed by atoms with E-state index in [1.165, 1.54) is 11.1 Å². The summed E-state index contributed by atoms with van der Waals surface area (Å²) in [5.41, 5.74) is 2.32. The predicted octanol–water partition coefficient (Wildman–Crippen LogP) is 2.49. The van der Waals surface area contributed by atoms with Gasteiger partial charge in [0.1, 0.15) is 6.61 Å². The van der Waals surface area contributed by atoms with E-state index in [4.69, 9.17) is 9.84 Å². The van der Waals surface area contributed by atoms with Crippen LogP contribution in [0.5, 0.6) is 0 Å². The second kappa shape index (κ2) is 5.94. The Labute approximate surface area is 120 Å². The fraction of sp³-hybridized carbons (Fsp3) is 0.562. The summed E-state index contributed by atoms with van der Waals surface area (Å²) in [6, 6.07) is 9.04. The zero-order chi connectivity index (χ0) is 14.8. The van der Waals surface area contributed by atoms with Gasteiger partial charge in [-0.1, -0.05) is 31.2 Å². The summed E-state index contributed by atoms with van der Waals surface area (Å²) in [6.07, 6.45) is 1.06. The first kappa shape index (κ1) is 15.0. The summed E-state index contributed by atoms with van der Waals surface area (Å²) in [5.74, 6) is -0.909. The first-order chi connectivity index (χ1) is 9.43. The first-order valence-corrected chi connectivity index (χ1v) is 7.12. The van der Waals surface area contributed by atoms with E-state index < -0.39 is 5.97 Å². The lowest BCUT2D eigenvalue weighted by atomic mass is 9.92. The molecule has 4 heteroatoms. The normalized spacial score (nSPS) is 19.4. The molecule has 1 aliphatic heterocycles. The van der Waals surface area contributed by atoms with Crippen LogP contribution in [0.4, 0.5) is 0 Å². The third-order valence-corrected chi connectivity index (χ3v) is 4.04. The van der Waals surface area contributed by atoms with Crippen LogP contribution >= 0.6 is 0 Å². The lowest BCUT2D eigenvalue weighted by molar-refractivity contribution is -0.169. The summed E-state index contributed by atoms with van der Waals surface area (Å²) < 4.78 is 5.44. The van der Waals surface area contributed by atoms with Crippen molar-refractivity contribution in [3.8, 4) is 0 Å². The van der Waals surface area contributed by atoms with E-state index in [-0.39, 0.29) is 12.2 Å². The predicted molar refractivity (Wildman–Crippen MR) is 77.8 cm³/mol. The van der Waals surface area contributed by atoms with E-state index in [9.17, 15) is 4.79 Å². The number of carbonyl (C=O) groups is 1. The number of aryl methyl sites for hydroxylation is 1. The van der Waals surface area contributed by atoms with Gasteiger partial charge in [-0.25, -0.2) is 4.79 Å². The van der Waals surface area contributed by atoms with Gasteiger partial charge in [-0.2, -0.15) is 0 Å². The van der Waals surface area contributed by atoms with Gasteiger partial charge in [0.05, 0.1) is 5.60 Å². The van der Waals surface area contributed by atoms with Crippen molar-refractivity contribution in [1.82, 2.24) is 4.90 Å². The molecule has 1 fully saturated rings. The van der Waals surface area contributed by atoms with Crippen molar-refractivity contribution in [2.45, 2.75) is 38.8 Å². The summed E-state index contributed by atoms with van der Waals surface area (Å²) in [4.78, 5) is 12.9. The highest BCUT2D eigenvalue weighted by Crippen LogP contribution is 2.33. The zero-order valence-corrected chi connectivity index (χ0v) is 12.4. The van der Waals surface area contributed by atoms with Crippen molar-refractivity contribution < 1.29 is 14.6 Å². The van der Waals surface area contributed by atoms with Crippen LogP contribution in [-0.4, -0.2) is 41.3 Å². The van der Waals surface area contributed by atoms with E-state index in [1.807, 2.05) is 6.92 Å². The number of rotatable bonds is 6. The molecule has 1 unspecified atom stereocenters. The highest BCUT2D eigenvalue weighted by molar-refractivity contribution is 5.68. The molecule has 1 aromatic rings. The molecular formula is C16H23NO3. The van der Waals surface area contributed by atoms with Crippen molar-refractivity contribution >= 4 is 5.97 Å². The Bertz CT molecular complexity index is 463. The van der Waals surface area contributed by atoms with Gasteiger partial charge in [-0.05, 0) is 31.4 Å². The van der Waals surface area contributed by atoms with E-state index in [0.717, 1.165) is 19.5 Å². The van der Waals surface area contributed by atoms with E-state index in [1.54, 1.807) is 0 Å². The number of likely N-dealkylation sites (tertiary alicyclic amines) is 1. The van der Waals surface area contributed by atoms with Crippen molar-refractivity contribution in [2.24, 2.45) is 0 Å². The minimum Gasteiger partial charge on any atom is -0.480 e. The standard InChI is InChI=1S/C16H23NO3/c1-4-13-5-7-14(8-6-13)12(2)17-10-16(3,11-17)20-9-15(18)19/h5-8,12H,4,9-11H2,1-3H3,(H,18,19). The molecule has 0 saturated carbocycles. The van der Waals surface area contributed by atoms with Crippen LogP contribution in [-0.2, 0) is 16.0 Å². The molecule has 2 rings (SSSR count). The molecule has 1 atom stereocenters. The molecule has 1 saturated heterocycles. The Morgan fingerprint density at radius 2 is 2.00 bits per heavy atom. The Kier molecular flexibility index (Phi) is 4.45. The van der Waals surface area contributed by atoms with Gasteiger partial charge in [0.25, 0.3) is 0 Å². The average molecular weight is 277 g/mol. The zero-order valence-electron chi connectivity index (χ0n) is 12.4. The summed E-state index contributed by atoms with van der Waals surface area (Å²) in [5, 5.41) is 8.66. The molecule has 1 aliphatic rings. The maximum Gasteiger partial charge on any atom is 0.329 e.